The quantitative estimate of drug-likeness (QED) is 0.450. The van der Waals surface area contributed by atoms with Crippen molar-refractivity contribution in [1.82, 2.24) is 5.32 Å². The van der Waals surface area contributed by atoms with Gasteiger partial charge in [0.05, 0.1) is 12.7 Å². The molecule has 0 fully saturated rings. The summed E-state index contributed by atoms with van der Waals surface area (Å²) >= 11 is 6.75. The van der Waals surface area contributed by atoms with E-state index in [1.54, 1.807) is 18.2 Å². The summed E-state index contributed by atoms with van der Waals surface area (Å²) in [6.07, 6.45) is 0.701. The molecule has 1 heterocycles. The Labute approximate surface area is 172 Å². The minimum Gasteiger partial charge on any atom is -0.465 e. The van der Waals surface area contributed by atoms with Crippen molar-refractivity contribution in [3.05, 3.63) is 88.0 Å². The third kappa shape index (κ3) is 5.15. The Bertz CT molecular complexity index is 974. The van der Waals surface area contributed by atoms with E-state index in [1.165, 1.54) is 24.5 Å². The van der Waals surface area contributed by atoms with E-state index in [-0.39, 0.29) is 12.4 Å². The lowest BCUT2D eigenvalue weighted by atomic mass is 10.1. The molecule has 2 N–H and O–H groups in total. The Morgan fingerprint density at radius 2 is 1.86 bits per heavy atom. The van der Waals surface area contributed by atoms with Crippen LogP contribution in [0.3, 0.4) is 0 Å². The summed E-state index contributed by atoms with van der Waals surface area (Å²) in [7, 11) is 1.34. The van der Waals surface area contributed by atoms with E-state index < -0.39 is 5.97 Å². The number of benzene rings is 2. The normalized spacial score (nSPS) is 10.4. The van der Waals surface area contributed by atoms with E-state index in [1.807, 2.05) is 36.4 Å². The number of hydrogen-bond donors (Lipinski definition) is 2. The summed E-state index contributed by atoms with van der Waals surface area (Å²) in [4.78, 5) is 13.1. The standard InChI is InChI=1S/C21H19FN2O2S2/c1-26-20(25)17-12-16(11-14-7-3-2-4-8-14)28-19(17)24-21(27)23-13-15-9-5-6-10-18(15)22/h2-10,12H,11,13H2,1H3,(H2,23,24,27). The summed E-state index contributed by atoms with van der Waals surface area (Å²) in [6, 6.07) is 18.3. The van der Waals surface area contributed by atoms with E-state index in [0.29, 0.717) is 27.7 Å². The number of hydrogen-bond acceptors (Lipinski definition) is 4. The minimum atomic E-state index is -0.435. The highest BCUT2D eigenvalue weighted by atomic mass is 32.1. The SMILES string of the molecule is COC(=O)c1cc(Cc2ccccc2)sc1NC(=S)NCc1ccccc1F. The Morgan fingerprint density at radius 3 is 2.57 bits per heavy atom. The Kier molecular flexibility index (Phi) is 6.73. The number of anilines is 1. The number of rotatable bonds is 6. The monoisotopic (exact) mass is 414 g/mol. The summed E-state index contributed by atoms with van der Waals surface area (Å²) in [5, 5.41) is 6.91. The van der Waals surface area contributed by atoms with Crippen molar-refractivity contribution in [1.29, 1.82) is 0 Å². The summed E-state index contributed by atoms with van der Waals surface area (Å²) < 4.78 is 18.6. The van der Waals surface area contributed by atoms with Gasteiger partial charge in [0.1, 0.15) is 10.8 Å². The first kappa shape index (κ1) is 20.0. The highest BCUT2D eigenvalue weighted by Crippen LogP contribution is 2.30. The van der Waals surface area contributed by atoms with Crippen LogP contribution in [0.25, 0.3) is 0 Å². The first-order valence-electron chi connectivity index (χ1n) is 8.60. The van der Waals surface area contributed by atoms with Crippen LogP contribution < -0.4 is 10.6 Å². The van der Waals surface area contributed by atoms with Crippen LogP contribution in [0, 0.1) is 5.82 Å². The molecule has 28 heavy (non-hydrogen) atoms. The molecule has 0 saturated heterocycles. The van der Waals surface area contributed by atoms with Crippen LogP contribution in [0.2, 0.25) is 0 Å². The molecule has 0 saturated carbocycles. The van der Waals surface area contributed by atoms with Gasteiger partial charge in [0.25, 0.3) is 0 Å². The highest BCUT2D eigenvalue weighted by Gasteiger charge is 2.18. The Hall–Kier alpha value is -2.77. The number of thiophene rings is 1. The molecule has 3 aromatic rings. The number of nitrogens with one attached hydrogen (secondary N) is 2. The number of methoxy groups -OCH3 is 1. The van der Waals surface area contributed by atoms with Gasteiger partial charge in [0, 0.05) is 23.4 Å². The van der Waals surface area contributed by atoms with Crippen molar-refractivity contribution in [3.63, 3.8) is 0 Å². The van der Waals surface area contributed by atoms with Gasteiger partial charge in [-0.25, -0.2) is 9.18 Å². The van der Waals surface area contributed by atoms with Crippen molar-refractivity contribution in [2.75, 3.05) is 12.4 Å². The lowest BCUT2D eigenvalue weighted by Gasteiger charge is -2.11. The second-order valence-electron chi connectivity index (χ2n) is 6.01. The zero-order valence-corrected chi connectivity index (χ0v) is 16.8. The van der Waals surface area contributed by atoms with Gasteiger partial charge in [0.2, 0.25) is 0 Å². The third-order valence-corrected chi connectivity index (χ3v) is 5.33. The fourth-order valence-corrected chi connectivity index (χ4v) is 3.97. The van der Waals surface area contributed by atoms with Crippen LogP contribution in [0.4, 0.5) is 9.39 Å². The lowest BCUT2D eigenvalue weighted by molar-refractivity contribution is 0.0602. The van der Waals surface area contributed by atoms with Gasteiger partial charge < -0.3 is 15.4 Å². The van der Waals surface area contributed by atoms with Crippen LogP contribution in [0.5, 0.6) is 0 Å². The van der Waals surface area contributed by atoms with Crippen LogP contribution in [-0.4, -0.2) is 18.2 Å². The maximum Gasteiger partial charge on any atom is 0.340 e. The number of thiocarbonyl (C=S) groups is 1. The zero-order chi connectivity index (χ0) is 19.9. The van der Waals surface area contributed by atoms with E-state index in [2.05, 4.69) is 10.6 Å². The molecule has 144 valence electrons. The number of carbonyl (C=O) groups is 1. The van der Waals surface area contributed by atoms with E-state index in [0.717, 1.165) is 10.4 Å². The van der Waals surface area contributed by atoms with Gasteiger partial charge in [-0.1, -0.05) is 48.5 Å². The molecule has 7 heteroatoms. The maximum absolute atomic E-state index is 13.7. The number of esters is 1. The topological polar surface area (TPSA) is 50.4 Å². The van der Waals surface area contributed by atoms with Crippen LogP contribution in [-0.2, 0) is 17.7 Å². The molecule has 0 spiro atoms. The summed E-state index contributed by atoms with van der Waals surface area (Å²) in [6.45, 7) is 0.244. The molecule has 0 aliphatic heterocycles. The lowest BCUT2D eigenvalue weighted by Crippen LogP contribution is -2.28. The van der Waals surface area contributed by atoms with Crippen molar-refractivity contribution >= 4 is 39.6 Å². The zero-order valence-electron chi connectivity index (χ0n) is 15.2. The van der Waals surface area contributed by atoms with E-state index >= 15 is 0 Å². The largest absolute Gasteiger partial charge is 0.465 e. The fourth-order valence-electron chi connectivity index (χ4n) is 2.65. The molecule has 0 bridgehead atoms. The van der Waals surface area contributed by atoms with Gasteiger partial charge in [0.15, 0.2) is 5.11 Å². The Morgan fingerprint density at radius 1 is 1.14 bits per heavy atom. The molecule has 3 rings (SSSR count). The third-order valence-electron chi connectivity index (χ3n) is 4.03. The van der Waals surface area contributed by atoms with Crippen molar-refractivity contribution in [2.24, 2.45) is 0 Å². The van der Waals surface area contributed by atoms with E-state index in [9.17, 15) is 9.18 Å². The second-order valence-corrected chi connectivity index (χ2v) is 7.55. The highest BCUT2D eigenvalue weighted by molar-refractivity contribution is 7.80. The van der Waals surface area contributed by atoms with Gasteiger partial charge in [-0.2, -0.15) is 0 Å². The molecule has 1 aromatic heterocycles. The summed E-state index contributed by atoms with van der Waals surface area (Å²) in [5.74, 6) is -0.732. The molecule has 2 aromatic carbocycles. The predicted molar refractivity (Wildman–Crippen MR) is 114 cm³/mol. The first-order valence-corrected chi connectivity index (χ1v) is 9.82. The number of ether oxygens (including phenoxy) is 1. The summed E-state index contributed by atoms with van der Waals surface area (Å²) in [5.41, 5.74) is 2.08. The van der Waals surface area contributed by atoms with Gasteiger partial charge in [-0.15, -0.1) is 11.3 Å². The minimum absolute atomic E-state index is 0.244. The van der Waals surface area contributed by atoms with Gasteiger partial charge in [-0.05, 0) is 29.9 Å². The second kappa shape index (κ2) is 9.43. The van der Waals surface area contributed by atoms with Crippen LogP contribution in [0.1, 0.15) is 26.4 Å². The predicted octanol–water partition coefficient (Wildman–Crippen LogP) is 4.75. The molecular formula is C21H19FN2O2S2. The van der Waals surface area contributed by atoms with Crippen molar-refractivity contribution in [3.8, 4) is 0 Å². The molecule has 0 amide bonds. The molecule has 0 unspecified atom stereocenters. The van der Waals surface area contributed by atoms with E-state index in [4.69, 9.17) is 17.0 Å². The fraction of sp³-hybridized carbons (Fsp3) is 0.143. The number of carbonyl (C=O) groups excluding carboxylic acids is 1. The first-order chi connectivity index (χ1) is 13.6. The average Bonchev–Trinajstić information content (AvgIpc) is 3.09. The smallest absolute Gasteiger partial charge is 0.340 e. The molecular weight excluding hydrogens is 395 g/mol. The van der Waals surface area contributed by atoms with Gasteiger partial charge >= 0.3 is 5.97 Å². The molecule has 0 radical (unpaired) electrons. The Balaban J connectivity index is 1.71. The van der Waals surface area contributed by atoms with Gasteiger partial charge in [-0.3, -0.25) is 0 Å². The molecule has 0 aliphatic carbocycles. The van der Waals surface area contributed by atoms with Crippen LogP contribution >= 0.6 is 23.6 Å². The van der Waals surface area contributed by atoms with Crippen LogP contribution in [0.15, 0.2) is 60.7 Å². The van der Waals surface area contributed by atoms with Crippen molar-refractivity contribution in [2.45, 2.75) is 13.0 Å². The molecule has 0 aliphatic rings. The molecule has 0 atom stereocenters. The average molecular weight is 415 g/mol. The maximum atomic E-state index is 13.7. The number of halogens is 1. The van der Waals surface area contributed by atoms with Crippen molar-refractivity contribution < 1.29 is 13.9 Å². The molecule has 4 nitrogen and oxygen atoms in total.